The second-order valence-electron chi connectivity index (χ2n) is 5.90. The Balaban J connectivity index is 1.68. The Hall–Kier alpha value is -0.530. The summed E-state index contributed by atoms with van der Waals surface area (Å²) < 4.78 is 0. The summed E-state index contributed by atoms with van der Waals surface area (Å²) in [6, 6.07) is 1.25. The molecule has 0 atom stereocenters. The molecule has 2 nitrogen and oxygen atoms in total. The fourth-order valence-electron chi connectivity index (χ4n) is 3.58. The Kier molecular flexibility index (Phi) is 2.91. The topological polar surface area (TPSA) is 20.3 Å². The molecule has 0 radical (unpaired) electrons. The van der Waals surface area contributed by atoms with Gasteiger partial charge in [0.1, 0.15) is 0 Å². The van der Waals surface area contributed by atoms with Crippen LogP contribution < -0.4 is 0 Å². The van der Waals surface area contributed by atoms with Crippen LogP contribution in [0.5, 0.6) is 0 Å². The van der Waals surface area contributed by atoms with E-state index >= 15 is 0 Å². The van der Waals surface area contributed by atoms with Gasteiger partial charge in [0.25, 0.3) is 0 Å². The lowest BCUT2D eigenvalue weighted by Gasteiger charge is -2.31. The molecule has 3 aliphatic rings. The quantitative estimate of drug-likeness (QED) is 0.717. The Morgan fingerprint density at radius 1 is 0.750 bits per heavy atom. The third-order valence-electron chi connectivity index (χ3n) is 4.62. The highest BCUT2D eigenvalue weighted by atomic mass is 16.2. The van der Waals surface area contributed by atoms with Crippen LogP contribution >= 0.6 is 0 Å². The lowest BCUT2D eigenvalue weighted by atomic mass is 10.0. The molecule has 3 saturated carbocycles. The molecule has 0 aromatic rings. The van der Waals surface area contributed by atoms with Crippen LogP contribution in [0.1, 0.15) is 64.2 Å². The number of hydrogen-bond acceptors (Lipinski definition) is 1. The summed E-state index contributed by atoms with van der Waals surface area (Å²) in [7, 11) is 0. The minimum Gasteiger partial charge on any atom is -0.336 e. The molecule has 3 aliphatic carbocycles. The Labute approximate surface area is 98.4 Å². The summed E-state index contributed by atoms with van der Waals surface area (Å²) >= 11 is 0. The fourth-order valence-corrected chi connectivity index (χ4v) is 3.58. The van der Waals surface area contributed by atoms with Crippen molar-refractivity contribution in [3.05, 3.63) is 0 Å². The SMILES string of the molecule is O=C(C1CCCC1)N(C1CCCC1)C1CC1. The van der Waals surface area contributed by atoms with E-state index < -0.39 is 0 Å². The first kappa shape index (κ1) is 10.6. The van der Waals surface area contributed by atoms with Crippen molar-refractivity contribution in [1.29, 1.82) is 0 Å². The fraction of sp³-hybridized carbons (Fsp3) is 0.929. The normalized spacial score (nSPS) is 27.5. The molecule has 2 heteroatoms. The second kappa shape index (κ2) is 4.38. The Morgan fingerprint density at radius 2 is 1.25 bits per heavy atom. The number of carbonyl (C=O) groups is 1. The van der Waals surface area contributed by atoms with Gasteiger partial charge in [0.15, 0.2) is 0 Å². The van der Waals surface area contributed by atoms with Gasteiger partial charge in [-0.25, -0.2) is 0 Å². The average Bonchev–Trinajstić information content (AvgIpc) is 2.83. The number of rotatable bonds is 3. The highest BCUT2D eigenvalue weighted by Crippen LogP contribution is 2.37. The first-order chi connectivity index (χ1) is 7.86. The Morgan fingerprint density at radius 3 is 1.81 bits per heavy atom. The minimum absolute atomic E-state index is 0.390. The van der Waals surface area contributed by atoms with Crippen LogP contribution in [0.25, 0.3) is 0 Å². The molecule has 0 saturated heterocycles. The summed E-state index contributed by atoms with van der Waals surface area (Å²) in [5, 5.41) is 0. The predicted octanol–water partition coefficient (Wildman–Crippen LogP) is 3.11. The van der Waals surface area contributed by atoms with Crippen LogP contribution in [0.2, 0.25) is 0 Å². The van der Waals surface area contributed by atoms with Gasteiger partial charge in [-0.15, -0.1) is 0 Å². The molecule has 0 unspecified atom stereocenters. The molecule has 0 aliphatic heterocycles. The van der Waals surface area contributed by atoms with Gasteiger partial charge in [-0.3, -0.25) is 4.79 Å². The molecular formula is C14H23NO. The number of nitrogens with zero attached hydrogens (tertiary/aromatic N) is 1. The van der Waals surface area contributed by atoms with Gasteiger partial charge in [0.05, 0.1) is 0 Å². The molecule has 1 amide bonds. The minimum atomic E-state index is 0.390. The van der Waals surface area contributed by atoms with Gasteiger partial charge in [-0.1, -0.05) is 25.7 Å². The van der Waals surface area contributed by atoms with Crippen LogP contribution in [0, 0.1) is 5.92 Å². The molecule has 3 rings (SSSR count). The van der Waals surface area contributed by atoms with Crippen LogP contribution in [-0.2, 0) is 4.79 Å². The summed E-state index contributed by atoms with van der Waals surface area (Å²) in [6.07, 6.45) is 12.6. The van der Waals surface area contributed by atoms with E-state index in [1.807, 2.05) is 0 Å². The number of hydrogen-bond donors (Lipinski definition) is 0. The zero-order valence-corrected chi connectivity index (χ0v) is 10.2. The highest BCUT2D eigenvalue weighted by Gasteiger charge is 2.40. The number of carbonyl (C=O) groups excluding carboxylic acids is 1. The zero-order valence-electron chi connectivity index (χ0n) is 10.2. The van der Waals surface area contributed by atoms with Gasteiger partial charge >= 0.3 is 0 Å². The summed E-state index contributed by atoms with van der Waals surface area (Å²) in [5.41, 5.74) is 0. The standard InChI is InChI=1S/C14H23NO/c16-14(11-5-1-2-6-11)15(13-9-10-13)12-7-3-4-8-12/h11-13H,1-10H2. The summed E-state index contributed by atoms with van der Waals surface area (Å²) in [6.45, 7) is 0. The maximum Gasteiger partial charge on any atom is 0.226 e. The largest absolute Gasteiger partial charge is 0.336 e. The van der Waals surface area contributed by atoms with Gasteiger partial charge in [-0.05, 0) is 38.5 Å². The van der Waals surface area contributed by atoms with Crippen molar-refractivity contribution in [3.8, 4) is 0 Å². The van der Waals surface area contributed by atoms with Crippen LogP contribution in [-0.4, -0.2) is 22.9 Å². The molecule has 0 bridgehead atoms. The zero-order chi connectivity index (χ0) is 11.0. The molecule has 3 fully saturated rings. The van der Waals surface area contributed by atoms with Gasteiger partial charge in [-0.2, -0.15) is 0 Å². The smallest absolute Gasteiger partial charge is 0.226 e. The van der Waals surface area contributed by atoms with E-state index in [4.69, 9.17) is 0 Å². The molecule has 0 spiro atoms. The van der Waals surface area contributed by atoms with E-state index in [2.05, 4.69) is 4.90 Å². The number of amides is 1. The third kappa shape index (κ3) is 1.99. The van der Waals surface area contributed by atoms with Crippen molar-refractivity contribution >= 4 is 5.91 Å². The van der Waals surface area contributed by atoms with Gasteiger partial charge in [0, 0.05) is 18.0 Å². The highest BCUT2D eigenvalue weighted by molar-refractivity contribution is 5.80. The predicted molar refractivity (Wildman–Crippen MR) is 64.1 cm³/mol. The third-order valence-corrected chi connectivity index (χ3v) is 4.62. The van der Waals surface area contributed by atoms with Crippen LogP contribution in [0.3, 0.4) is 0 Å². The maximum atomic E-state index is 12.5. The first-order valence-corrected chi connectivity index (χ1v) is 7.18. The molecule has 0 heterocycles. The second-order valence-corrected chi connectivity index (χ2v) is 5.90. The molecular weight excluding hydrogens is 198 g/mol. The lowest BCUT2D eigenvalue weighted by molar-refractivity contribution is -0.138. The Bertz CT molecular complexity index is 260. The summed E-state index contributed by atoms with van der Waals surface area (Å²) in [4.78, 5) is 14.9. The molecule has 0 aromatic carbocycles. The van der Waals surface area contributed by atoms with E-state index in [1.54, 1.807) is 0 Å². The van der Waals surface area contributed by atoms with Crippen molar-refractivity contribution in [2.75, 3.05) is 0 Å². The van der Waals surface area contributed by atoms with E-state index in [0.717, 1.165) is 12.8 Å². The van der Waals surface area contributed by atoms with Crippen molar-refractivity contribution in [2.45, 2.75) is 76.3 Å². The van der Waals surface area contributed by atoms with E-state index in [-0.39, 0.29) is 0 Å². The van der Waals surface area contributed by atoms with Crippen LogP contribution in [0.4, 0.5) is 0 Å². The molecule has 0 aromatic heterocycles. The van der Waals surface area contributed by atoms with E-state index in [9.17, 15) is 4.79 Å². The van der Waals surface area contributed by atoms with Crippen molar-refractivity contribution in [2.24, 2.45) is 5.92 Å². The maximum absolute atomic E-state index is 12.5. The van der Waals surface area contributed by atoms with Crippen LogP contribution in [0.15, 0.2) is 0 Å². The van der Waals surface area contributed by atoms with Gasteiger partial charge < -0.3 is 4.90 Å². The van der Waals surface area contributed by atoms with Crippen molar-refractivity contribution in [1.82, 2.24) is 4.90 Å². The monoisotopic (exact) mass is 221 g/mol. The van der Waals surface area contributed by atoms with Gasteiger partial charge in [0.2, 0.25) is 5.91 Å². The lowest BCUT2D eigenvalue weighted by Crippen LogP contribution is -2.43. The first-order valence-electron chi connectivity index (χ1n) is 7.18. The average molecular weight is 221 g/mol. The molecule has 0 N–H and O–H groups in total. The van der Waals surface area contributed by atoms with E-state index in [0.29, 0.717) is 23.9 Å². The molecule has 90 valence electrons. The van der Waals surface area contributed by atoms with Crippen molar-refractivity contribution < 1.29 is 4.79 Å². The van der Waals surface area contributed by atoms with E-state index in [1.165, 1.54) is 51.4 Å². The van der Waals surface area contributed by atoms with Crippen molar-refractivity contribution in [3.63, 3.8) is 0 Å². The summed E-state index contributed by atoms with van der Waals surface area (Å²) in [5.74, 6) is 0.910. The molecule has 16 heavy (non-hydrogen) atoms.